The summed E-state index contributed by atoms with van der Waals surface area (Å²) in [4.78, 5) is 33.0. The van der Waals surface area contributed by atoms with Crippen LogP contribution in [0.1, 0.15) is 42.6 Å². The Morgan fingerprint density at radius 1 is 1.19 bits per heavy atom. The highest BCUT2D eigenvalue weighted by Gasteiger charge is 2.26. The number of halogens is 1. The van der Waals surface area contributed by atoms with E-state index in [-0.39, 0.29) is 35.5 Å². The summed E-state index contributed by atoms with van der Waals surface area (Å²) in [6.45, 7) is 6.35. The lowest BCUT2D eigenvalue weighted by Gasteiger charge is -2.31. The van der Waals surface area contributed by atoms with Crippen molar-refractivity contribution in [3.63, 3.8) is 0 Å². The number of rotatable bonds is 6. The van der Waals surface area contributed by atoms with Crippen molar-refractivity contribution < 1.29 is 28.2 Å². The molecule has 2 heterocycles. The minimum absolute atomic E-state index is 0.0388. The van der Waals surface area contributed by atoms with E-state index in [1.807, 2.05) is 13.8 Å². The third-order valence-corrected chi connectivity index (χ3v) is 4.73. The van der Waals surface area contributed by atoms with Crippen molar-refractivity contribution in [3.8, 4) is 17.5 Å². The molecule has 0 unspecified atom stereocenters. The van der Waals surface area contributed by atoms with Gasteiger partial charge in [0.15, 0.2) is 11.6 Å². The van der Waals surface area contributed by atoms with E-state index in [0.29, 0.717) is 37.4 Å². The molecule has 0 saturated carbocycles. The smallest absolute Gasteiger partial charge is 0.410 e. The van der Waals surface area contributed by atoms with Gasteiger partial charge in [-0.05, 0) is 39.0 Å². The summed E-state index contributed by atoms with van der Waals surface area (Å²) in [5.74, 6) is -1.12. The molecule has 0 spiro atoms. The minimum atomic E-state index is -0.738. The highest BCUT2D eigenvalue weighted by molar-refractivity contribution is 5.92. The quantitative estimate of drug-likeness (QED) is 0.745. The van der Waals surface area contributed by atoms with Gasteiger partial charge in [-0.1, -0.05) is 0 Å². The van der Waals surface area contributed by atoms with Gasteiger partial charge in [0.25, 0.3) is 0 Å². The number of aromatic nitrogens is 2. The summed E-state index contributed by atoms with van der Waals surface area (Å²) < 4.78 is 31.0. The van der Waals surface area contributed by atoms with Crippen LogP contribution >= 0.6 is 0 Å². The predicted octanol–water partition coefficient (Wildman–Crippen LogP) is 3.20. The summed E-state index contributed by atoms with van der Waals surface area (Å²) in [5.41, 5.74) is 5.69. The van der Waals surface area contributed by atoms with Crippen LogP contribution in [0, 0.1) is 12.7 Å². The molecule has 2 aromatic rings. The van der Waals surface area contributed by atoms with Crippen molar-refractivity contribution >= 4 is 12.0 Å². The molecule has 1 aliphatic rings. The van der Waals surface area contributed by atoms with Crippen LogP contribution in [0.15, 0.2) is 24.5 Å². The Hall–Kier alpha value is -3.43. The normalized spacial score (nSPS) is 14.4. The number of likely N-dealkylation sites (tertiary alicyclic amines) is 1. The molecule has 2 N–H and O–H groups in total. The molecule has 0 aliphatic carbocycles. The average molecular weight is 432 g/mol. The second kappa shape index (κ2) is 9.59. The molecule has 2 amide bonds. The van der Waals surface area contributed by atoms with Gasteiger partial charge in [-0.15, -0.1) is 0 Å². The summed E-state index contributed by atoms with van der Waals surface area (Å²) in [6.07, 6.45) is 1.87. The zero-order chi connectivity index (χ0) is 22.5. The van der Waals surface area contributed by atoms with Crippen molar-refractivity contribution in [2.45, 2.75) is 45.8 Å². The van der Waals surface area contributed by atoms with Crippen LogP contribution < -0.4 is 15.2 Å². The van der Waals surface area contributed by atoms with E-state index >= 15 is 0 Å². The van der Waals surface area contributed by atoms with Crippen LogP contribution in [0.2, 0.25) is 0 Å². The summed E-state index contributed by atoms with van der Waals surface area (Å²) in [6, 6.07) is 3.68. The lowest BCUT2D eigenvalue weighted by Crippen LogP contribution is -2.42. The number of benzene rings is 1. The number of nitrogens with zero attached hydrogens (tertiary/aromatic N) is 3. The molecule has 1 aromatic carbocycles. The van der Waals surface area contributed by atoms with Gasteiger partial charge < -0.3 is 24.8 Å². The molecule has 166 valence electrons. The molecule has 1 fully saturated rings. The van der Waals surface area contributed by atoms with Gasteiger partial charge in [-0.25, -0.2) is 19.2 Å². The first kappa shape index (κ1) is 22.3. The fourth-order valence-electron chi connectivity index (χ4n) is 3.07. The Labute approximate surface area is 179 Å². The van der Waals surface area contributed by atoms with Gasteiger partial charge in [-0.3, -0.25) is 4.79 Å². The van der Waals surface area contributed by atoms with E-state index in [1.54, 1.807) is 11.8 Å². The number of hydrogen-bond acceptors (Lipinski definition) is 7. The van der Waals surface area contributed by atoms with Gasteiger partial charge in [0, 0.05) is 31.5 Å². The third kappa shape index (κ3) is 5.59. The zero-order valence-electron chi connectivity index (χ0n) is 17.6. The average Bonchev–Trinajstić information content (AvgIpc) is 2.72. The van der Waals surface area contributed by atoms with Crippen LogP contribution in [0.5, 0.6) is 17.5 Å². The number of carbonyl (C=O) groups is 2. The number of amides is 2. The van der Waals surface area contributed by atoms with Gasteiger partial charge in [0.1, 0.15) is 12.4 Å². The molecular formula is C21H25FN4O5. The molecule has 1 aromatic heterocycles. The summed E-state index contributed by atoms with van der Waals surface area (Å²) in [7, 11) is 0. The van der Waals surface area contributed by atoms with E-state index in [9.17, 15) is 14.0 Å². The van der Waals surface area contributed by atoms with Gasteiger partial charge in [-0.2, -0.15) is 0 Å². The van der Waals surface area contributed by atoms with E-state index in [0.717, 1.165) is 6.07 Å². The Morgan fingerprint density at radius 3 is 2.48 bits per heavy atom. The SMILES string of the molecule is Cc1c(Oc2ccc(C(N)=O)cc2F)ncnc1OC1CCN(C(=O)OC(C)C)CC1. The molecule has 3 rings (SSSR count). The molecule has 0 atom stereocenters. The lowest BCUT2D eigenvalue weighted by molar-refractivity contribution is 0.0504. The number of ether oxygens (including phenoxy) is 3. The van der Waals surface area contributed by atoms with Gasteiger partial charge in [0.05, 0.1) is 11.7 Å². The van der Waals surface area contributed by atoms with Crippen molar-refractivity contribution in [3.05, 3.63) is 41.5 Å². The van der Waals surface area contributed by atoms with E-state index in [2.05, 4.69) is 9.97 Å². The fourth-order valence-corrected chi connectivity index (χ4v) is 3.07. The van der Waals surface area contributed by atoms with Crippen LogP contribution in [0.3, 0.4) is 0 Å². The van der Waals surface area contributed by atoms with Crippen molar-refractivity contribution in [2.24, 2.45) is 5.73 Å². The molecular weight excluding hydrogens is 407 g/mol. The fraction of sp³-hybridized carbons (Fsp3) is 0.429. The largest absolute Gasteiger partial charge is 0.474 e. The summed E-state index contributed by atoms with van der Waals surface area (Å²) in [5, 5.41) is 0. The monoisotopic (exact) mass is 432 g/mol. The maximum absolute atomic E-state index is 14.2. The Kier molecular flexibility index (Phi) is 6.88. The van der Waals surface area contributed by atoms with Crippen LogP contribution in [0.25, 0.3) is 0 Å². The Morgan fingerprint density at radius 2 is 1.87 bits per heavy atom. The highest BCUT2D eigenvalue weighted by atomic mass is 19.1. The summed E-state index contributed by atoms with van der Waals surface area (Å²) >= 11 is 0. The standard InChI is InChI=1S/C21H25FN4O5/c1-12(2)29-21(28)26-8-6-15(7-9-26)30-19-13(3)20(25-11-24-19)31-17-5-4-14(18(23)27)10-16(17)22/h4-5,10-12,15H,6-9H2,1-3H3,(H2,23,27). The second-order valence-electron chi connectivity index (χ2n) is 7.46. The first-order valence-corrected chi connectivity index (χ1v) is 9.95. The first-order chi connectivity index (χ1) is 14.7. The highest BCUT2D eigenvalue weighted by Crippen LogP contribution is 2.30. The molecule has 31 heavy (non-hydrogen) atoms. The minimum Gasteiger partial charge on any atom is -0.474 e. The first-order valence-electron chi connectivity index (χ1n) is 9.95. The molecule has 0 radical (unpaired) electrons. The van der Waals surface area contributed by atoms with E-state index in [1.165, 1.54) is 18.5 Å². The maximum Gasteiger partial charge on any atom is 0.410 e. The van der Waals surface area contributed by atoms with Crippen molar-refractivity contribution in [2.75, 3.05) is 13.1 Å². The molecule has 1 saturated heterocycles. The number of piperidine rings is 1. The number of nitrogens with two attached hydrogens (primary N) is 1. The van der Waals surface area contributed by atoms with Crippen molar-refractivity contribution in [1.29, 1.82) is 0 Å². The van der Waals surface area contributed by atoms with E-state index < -0.39 is 11.7 Å². The Balaban J connectivity index is 1.64. The number of carbonyl (C=O) groups excluding carboxylic acids is 2. The zero-order valence-corrected chi connectivity index (χ0v) is 17.6. The number of hydrogen-bond donors (Lipinski definition) is 1. The van der Waals surface area contributed by atoms with Crippen LogP contribution in [-0.2, 0) is 4.74 Å². The van der Waals surface area contributed by atoms with Gasteiger partial charge in [0.2, 0.25) is 17.7 Å². The second-order valence-corrected chi connectivity index (χ2v) is 7.46. The van der Waals surface area contributed by atoms with Crippen LogP contribution in [0.4, 0.5) is 9.18 Å². The third-order valence-electron chi connectivity index (χ3n) is 4.73. The van der Waals surface area contributed by atoms with Crippen LogP contribution in [-0.4, -0.2) is 52.2 Å². The molecule has 1 aliphatic heterocycles. The predicted molar refractivity (Wildman–Crippen MR) is 109 cm³/mol. The molecule has 9 nitrogen and oxygen atoms in total. The topological polar surface area (TPSA) is 117 Å². The maximum atomic E-state index is 14.2. The number of primary amides is 1. The van der Waals surface area contributed by atoms with E-state index in [4.69, 9.17) is 19.9 Å². The van der Waals surface area contributed by atoms with Crippen molar-refractivity contribution in [1.82, 2.24) is 14.9 Å². The van der Waals surface area contributed by atoms with Gasteiger partial charge >= 0.3 is 6.09 Å². The molecule has 10 heteroatoms. The lowest BCUT2D eigenvalue weighted by atomic mass is 10.1. The Bertz CT molecular complexity index is 961. The molecule has 0 bridgehead atoms.